The third kappa shape index (κ3) is 4.19. The molecule has 0 aliphatic carbocycles. The number of thioether (sulfide) groups is 1. The molecule has 0 unspecified atom stereocenters. The average molecular weight is 463 g/mol. The van der Waals surface area contributed by atoms with Crippen LogP contribution in [0.25, 0.3) is 0 Å². The second-order valence-corrected chi connectivity index (χ2v) is 10.2. The number of para-hydroxylation sites is 3. The summed E-state index contributed by atoms with van der Waals surface area (Å²) in [5.41, 5.74) is 4.00. The number of aryl methyl sites for hydroxylation is 1. The second kappa shape index (κ2) is 8.74. The molecule has 154 valence electrons. The summed E-state index contributed by atoms with van der Waals surface area (Å²) in [6, 6.07) is 24.1. The Morgan fingerprint density at radius 1 is 0.935 bits per heavy atom. The number of nitrogens with one attached hydrogen (secondary N) is 1. The lowest BCUT2D eigenvalue weighted by Crippen LogP contribution is -2.29. The number of hydrogen-bond donors (Lipinski definition) is 1. The standard InChI is InChI=1S/C23H18N4OS3/c1-15-8-2-3-9-16(15)24-22-25-26-23(31-22)29-14-21(28)27-17-10-4-6-12-19(17)30-20-13-7-5-11-18(20)27/h2-13H,14H2,1H3,(H,24,25). The van der Waals surface area contributed by atoms with E-state index >= 15 is 0 Å². The van der Waals surface area contributed by atoms with Crippen molar-refractivity contribution in [1.82, 2.24) is 10.2 Å². The van der Waals surface area contributed by atoms with Crippen molar-refractivity contribution in [2.45, 2.75) is 21.1 Å². The minimum absolute atomic E-state index is 0.0220. The van der Waals surface area contributed by atoms with E-state index in [2.05, 4.69) is 27.6 Å². The number of amides is 1. The van der Waals surface area contributed by atoms with Crippen LogP contribution >= 0.6 is 34.9 Å². The van der Waals surface area contributed by atoms with Crippen LogP contribution in [-0.2, 0) is 4.79 Å². The predicted molar refractivity (Wildman–Crippen MR) is 129 cm³/mol. The van der Waals surface area contributed by atoms with Gasteiger partial charge in [-0.25, -0.2) is 0 Å². The molecule has 1 N–H and O–H groups in total. The number of nitrogens with zero attached hydrogens (tertiary/aromatic N) is 3. The minimum Gasteiger partial charge on any atom is -0.330 e. The average Bonchev–Trinajstić information content (AvgIpc) is 3.24. The fraction of sp³-hybridized carbons (Fsp3) is 0.0870. The van der Waals surface area contributed by atoms with Crippen molar-refractivity contribution in [3.8, 4) is 0 Å². The van der Waals surface area contributed by atoms with Crippen LogP contribution in [-0.4, -0.2) is 21.9 Å². The molecule has 0 bridgehead atoms. The fourth-order valence-corrected chi connectivity index (χ4v) is 5.98. The monoisotopic (exact) mass is 462 g/mol. The molecule has 5 rings (SSSR count). The van der Waals surface area contributed by atoms with Crippen LogP contribution in [0, 0.1) is 6.92 Å². The molecule has 8 heteroatoms. The Kier molecular flexibility index (Phi) is 5.67. The molecule has 5 nitrogen and oxygen atoms in total. The number of hydrogen-bond acceptors (Lipinski definition) is 7. The first kappa shape index (κ1) is 20.1. The molecule has 0 spiro atoms. The van der Waals surface area contributed by atoms with Gasteiger partial charge in [-0.1, -0.05) is 77.3 Å². The zero-order chi connectivity index (χ0) is 21.2. The van der Waals surface area contributed by atoms with Gasteiger partial charge in [0.15, 0.2) is 4.34 Å². The third-order valence-electron chi connectivity index (χ3n) is 4.79. The molecule has 1 aliphatic heterocycles. The first-order valence-corrected chi connectivity index (χ1v) is 12.3. The van der Waals surface area contributed by atoms with Crippen molar-refractivity contribution in [2.24, 2.45) is 0 Å². The van der Waals surface area contributed by atoms with E-state index in [1.54, 1.807) is 11.8 Å². The largest absolute Gasteiger partial charge is 0.330 e. The van der Waals surface area contributed by atoms with Crippen LogP contribution in [0.5, 0.6) is 0 Å². The highest BCUT2D eigenvalue weighted by Crippen LogP contribution is 2.48. The number of anilines is 4. The highest BCUT2D eigenvalue weighted by molar-refractivity contribution is 8.01. The molecule has 3 aromatic carbocycles. The summed E-state index contributed by atoms with van der Waals surface area (Å²) in [4.78, 5) is 17.3. The van der Waals surface area contributed by atoms with Gasteiger partial charge in [0.1, 0.15) is 0 Å². The molecule has 0 saturated carbocycles. The first-order valence-electron chi connectivity index (χ1n) is 9.67. The molecule has 2 heterocycles. The Morgan fingerprint density at radius 3 is 2.29 bits per heavy atom. The highest BCUT2D eigenvalue weighted by Gasteiger charge is 2.27. The lowest BCUT2D eigenvalue weighted by atomic mass is 10.2. The van der Waals surface area contributed by atoms with Gasteiger partial charge in [0.05, 0.1) is 17.1 Å². The Balaban J connectivity index is 1.32. The zero-order valence-corrected chi connectivity index (χ0v) is 19.1. The van der Waals surface area contributed by atoms with Crippen molar-refractivity contribution in [3.63, 3.8) is 0 Å². The number of fused-ring (bicyclic) bond motifs is 2. The maximum atomic E-state index is 13.3. The number of carbonyl (C=O) groups is 1. The predicted octanol–water partition coefficient (Wildman–Crippen LogP) is 6.51. The van der Waals surface area contributed by atoms with Gasteiger partial charge in [-0.3, -0.25) is 9.69 Å². The fourth-order valence-electron chi connectivity index (χ4n) is 3.31. The maximum absolute atomic E-state index is 13.3. The van der Waals surface area contributed by atoms with Gasteiger partial charge in [0, 0.05) is 15.5 Å². The van der Waals surface area contributed by atoms with E-state index in [-0.39, 0.29) is 11.7 Å². The van der Waals surface area contributed by atoms with Crippen molar-refractivity contribution >= 4 is 63.0 Å². The van der Waals surface area contributed by atoms with Crippen molar-refractivity contribution in [2.75, 3.05) is 16.0 Å². The quantitative estimate of drug-likeness (QED) is 0.341. The van der Waals surface area contributed by atoms with E-state index < -0.39 is 0 Å². The maximum Gasteiger partial charge on any atom is 0.242 e. The van der Waals surface area contributed by atoms with E-state index in [1.807, 2.05) is 72.5 Å². The summed E-state index contributed by atoms with van der Waals surface area (Å²) in [5, 5.41) is 12.5. The van der Waals surface area contributed by atoms with Crippen LogP contribution in [0.4, 0.5) is 22.2 Å². The number of carbonyl (C=O) groups excluding carboxylic acids is 1. The number of aromatic nitrogens is 2. The van der Waals surface area contributed by atoms with E-state index in [0.717, 1.165) is 36.8 Å². The SMILES string of the molecule is Cc1ccccc1Nc1nnc(SCC(=O)N2c3ccccc3Sc3ccccc32)s1. The van der Waals surface area contributed by atoms with Gasteiger partial charge in [0.2, 0.25) is 11.0 Å². The van der Waals surface area contributed by atoms with Crippen molar-refractivity contribution in [3.05, 3.63) is 78.4 Å². The smallest absolute Gasteiger partial charge is 0.242 e. The Bertz CT molecular complexity index is 1210. The normalized spacial score (nSPS) is 12.2. The van der Waals surface area contributed by atoms with Crippen molar-refractivity contribution < 1.29 is 4.79 Å². The Hall–Kier alpha value is -2.81. The summed E-state index contributed by atoms with van der Waals surface area (Å²) < 4.78 is 0.761. The van der Waals surface area contributed by atoms with Crippen LogP contribution in [0.15, 0.2) is 86.9 Å². The Labute approximate surface area is 192 Å². The highest BCUT2D eigenvalue weighted by atomic mass is 32.2. The van der Waals surface area contributed by atoms with E-state index in [1.165, 1.54) is 23.1 Å². The molecule has 0 saturated heterocycles. The summed E-state index contributed by atoms with van der Waals surface area (Å²) in [6.45, 7) is 2.05. The van der Waals surface area contributed by atoms with Gasteiger partial charge in [-0.15, -0.1) is 10.2 Å². The number of rotatable bonds is 5. The minimum atomic E-state index is 0.0220. The summed E-state index contributed by atoms with van der Waals surface area (Å²) in [5.74, 6) is 0.306. The van der Waals surface area contributed by atoms with Gasteiger partial charge in [0.25, 0.3) is 0 Å². The molecule has 4 aromatic rings. The van der Waals surface area contributed by atoms with Crippen LogP contribution in [0.1, 0.15) is 5.56 Å². The van der Waals surface area contributed by atoms with Crippen LogP contribution < -0.4 is 10.2 Å². The molecular weight excluding hydrogens is 444 g/mol. The van der Waals surface area contributed by atoms with Gasteiger partial charge < -0.3 is 5.32 Å². The molecule has 0 radical (unpaired) electrons. The summed E-state index contributed by atoms with van der Waals surface area (Å²) in [7, 11) is 0. The zero-order valence-electron chi connectivity index (χ0n) is 16.6. The lowest BCUT2D eigenvalue weighted by Gasteiger charge is -2.30. The molecule has 1 aliphatic rings. The first-order chi connectivity index (χ1) is 15.2. The Morgan fingerprint density at radius 2 is 1.58 bits per heavy atom. The van der Waals surface area contributed by atoms with Gasteiger partial charge in [-0.2, -0.15) is 0 Å². The molecule has 1 amide bonds. The summed E-state index contributed by atoms with van der Waals surface area (Å²) in [6.07, 6.45) is 0. The van der Waals surface area contributed by atoms with Crippen LogP contribution in [0.3, 0.4) is 0 Å². The van der Waals surface area contributed by atoms with E-state index in [9.17, 15) is 4.79 Å². The van der Waals surface area contributed by atoms with Crippen LogP contribution in [0.2, 0.25) is 0 Å². The molecule has 0 atom stereocenters. The van der Waals surface area contributed by atoms with Crippen molar-refractivity contribution in [1.29, 1.82) is 0 Å². The van der Waals surface area contributed by atoms with Gasteiger partial charge in [-0.05, 0) is 42.8 Å². The lowest BCUT2D eigenvalue weighted by molar-refractivity contribution is -0.115. The topological polar surface area (TPSA) is 58.1 Å². The molecule has 0 fully saturated rings. The molecule has 1 aromatic heterocycles. The second-order valence-electron chi connectivity index (χ2n) is 6.87. The summed E-state index contributed by atoms with van der Waals surface area (Å²) >= 11 is 4.56. The molecular formula is C23H18N4OS3. The van der Waals surface area contributed by atoms with E-state index in [4.69, 9.17) is 0 Å². The van der Waals surface area contributed by atoms with E-state index in [0.29, 0.717) is 5.13 Å². The van der Waals surface area contributed by atoms with Gasteiger partial charge >= 0.3 is 0 Å². The third-order valence-corrected chi connectivity index (χ3v) is 7.88. The number of benzene rings is 3. The molecule has 31 heavy (non-hydrogen) atoms.